The number of nitrogens with zero attached hydrogens (tertiary/aromatic N) is 3. The zero-order valence-electron chi connectivity index (χ0n) is 18.0. The highest BCUT2D eigenvalue weighted by molar-refractivity contribution is 7.89. The maximum atomic E-state index is 12.5. The van der Waals surface area contributed by atoms with Crippen molar-refractivity contribution in [3.63, 3.8) is 0 Å². The van der Waals surface area contributed by atoms with Gasteiger partial charge in [-0.15, -0.1) is 0 Å². The Labute approximate surface area is 187 Å². The Balaban J connectivity index is 1.55. The molecule has 0 spiro atoms. The Kier molecular flexibility index (Phi) is 7.26. The zero-order chi connectivity index (χ0) is 23.3. The second kappa shape index (κ2) is 9.92. The number of rotatable bonds is 7. The Morgan fingerprint density at radius 2 is 1.62 bits per heavy atom. The molecule has 1 N–H and O–H groups in total. The van der Waals surface area contributed by atoms with Gasteiger partial charge in [0.05, 0.1) is 9.82 Å². The Hall–Kier alpha value is -3.24. The van der Waals surface area contributed by atoms with Gasteiger partial charge in [0.2, 0.25) is 15.9 Å². The Morgan fingerprint density at radius 1 is 1.03 bits per heavy atom. The summed E-state index contributed by atoms with van der Waals surface area (Å²) in [5, 5.41) is 10.8. The van der Waals surface area contributed by atoms with Gasteiger partial charge in [-0.1, -0.05) is 12.1 Å². The number of non-ortho nitro benzene ring substituents is 1. The largest absolute Gasteiger partial charge is 0.368 e. The van der Waals surface area contributed by atoms with Gasteiger partial charge in [0.1, 0.15) is 0 Å². The first-order valence-electron chi connectivity index (χ1n) is 10.2. The van der Waals surface area contributed by atoms with Crippen LogP contribution in [0.4, 0.5) is 11.4 Å². The molecular formula is C22H26N4O5S. The number of nitro benzene ring substituents is 1. The molecular weight excluding hydrogens is 432 g/mol. The molecule has 1 aliphatic heterocycles. The second-order valence-electron chi connectivity index (χ2n) is 7.76. The first-order valence-corrected chi connectivity index (χ1v) is 11.7. The Morgan fingerprint density at radius 3 is 2.16 bits per heavy atom. The number of piperazine rings is 1. The summed E-state index contributed by atoms with van der Waals surface area (Å²) >= 11 is 0. The standard InChI is InChI=1S/C22H26N4O5S/c1-17(2)23-32(30,31)21-10-3-18(4-11-21)5-12-22(27)25-15-13-24(14-16-25)19-6-8-20(9-7-19)26(28)29/h3-12,17,23H,13-16H2,1-2H3/b12-5+. The molecule has 10 heteroatoms. The van der Waals surface area contributed by atoms with Gasteiger partial charge in [-0.2, -0.15) is 0 Å². The topological polar surface area (TPSA) is 113 Å². The normalized spacial score (nSPS) is 14.8. The molecule has 0 atom stereocenters. The summed E-state index contributed by atoms with van der Waals surface area (Å²) in [6.07, 6.45) is 3.15. The highest BCUT2D eigenvalue weighted by Gasteiger charge is 2.20. The molecule has 1 amide bonds. The van der Waals surface area contributed by atoms with E-state index in [-0.39, 0.29) is 22.5 Å². The van der Waals surface area contributed by atoms with Crippen LogP contribution in [0.5, 0.6) is 0 Å². The molecule has 3 rings (SSSR count). The summed E-state index contributed by atoms with van der Waals surface area (Å²) in [6, 6.07) is 12.5. The molecule has 9 nitrogen and oxygen atoms in total. The van der Waals surface area contributed by atoms with Gasteiger partial charge in [0, 0.05) is 56.1 Å². The van der Waals surface area contributed by atoms with E-state index < -0.39 is 14.9 Å². The van der Waals surface area contributed by atoms with Crippen LogP contribution in [-0.2, 0) is 14.8 Å². The fraction of sp³-hybridized carbons (Fsp3) is 0.318. The molecule has 1 fully saturated rings. The van der Waals surface area contributed by atoms with E-state index in [0.29, 0.717) is 26.2 Å². The smallest absolute Gasteiger partial charge is 0.269 e. The van der Waals surface area contributed by atoms with Gasteiger partial charge in [0.25, 0.3) is 5.69 Å². The minimum atomic E-state index is -3.55. The maximum Gasteiger partial charge on any atom is 0.269 e. The number of nitrogens with one attached hydrogen (secondary N) is 1. The number of carbonyl (C=O) groups excluding carboxylic acids is 1. The number of hydrogen-bond acceptors (Lipinski definition) is 6. The first kappa shape index (κ1) is 23.4. The molecule has 0 aliphatic carbocycles. The lowest BCUT2D eigenvalue weighted by Crippen LogP contribution is -2.48. The molecule has 1 heterocycles. The number of benzene rings is 2. The van der Waals surface area contributed by atoms with Crippen LogP contribution in [0.2, 0.25) is 0 Å². The van der Waals surface area contributed by atoms with Gasteiger partial charge in [-0.25, -0.2) is 13.1 Å². The van der Waals surface area contributed by atoms with Crippen molar-refractivity contribution >= 4 is 33.4 Å². The van der Waals surface area contributed by atoms with Crippen molar-refractivity contribution in [3.05, 3.63) is 70.3 Å². The van der Waals surface area contributed by atoms with E-state index in [1.165, 1.54) is 30.3 Å². The fourth-order valence-corrected chi connectivity index (χ4v) is 4.63. The van der Waals surface area contributed by atoms with Crippen molar-refractivity contribution < 1.29 is 18.1 Å². The number of hydrogen-bond donors (Lipinski definition) is 1. The van der Waals surface area contributed by atoms with Crippen LogP contribution < -0.4 is 9.62 Å². The van der Waals surface area contributed by atoms with E-state index in [1.54, 1.807) is 49.1 Å². The van der Waals surface area contributed by atoms with Gasteiger partial charge in [-0.3, -0.25) is 14.9 Å². The first-order chi connectivity index (χ1) is 15.2. The molecule has 0 radical (unpaired) electrons. The predicted molar refractivity (Wildman–Crippen MR) is 123 cm³/mol. The molecule has 0 aromatic heterocycles. The molecule has 0 saturated carbocycles. The van der Waals surface area contributed by atoms with Crippen molar-refractivity contribution in [1.82, 2.24) is 9.62 Å². The van der Waals surface area contributed by atoms with Crippen molar-refractivity contribution in [2.75, 3.05) is 31.1 Å². The minimum absolute atomic E-state index is 0.0505. The van der Waals surface area contributed by atoms with Crippen LogP contribution in [0, 0.1) is 10.1 Å². The summed E-state index contributed by atoms with van der Waals surface area (Å²) < 4.78 is 26.9. The third-order valence-electron chi connectivity index (χ3n) is 5.02. The van der Waals surface area contributed by atoms with Crippen molar-refractivity contribution in [2.45, 2.75) is 24.8 Å². The third-order valence-corrected chi connectivity index (χ3v) is 6.69. The van der Waals surface area contributed by atoms with E-state index in [1.807, 2.05) is 0 Å². The number of nitro groups is 1. The van der Waals surface area contributed by atoms with Gasteiger partial charge in [-0.05, 0) is 49.8 Å². The summed E-state index contributed by atoms with van der Waals surface area (Å²) in [4.78, 5) is 26.9. The van der Waals surface area contributed by atoms with Crippen molar-refractivity contribution in [1.29, 1.82) is 0 Å². The summed E-state index contributed by atoms with van der Waals surface area (Å²) in [6.45, 7) is 5.86. The lowest BCUT2D eigenvalue weighted by atomic mass is 10.2. The van der Waals surface area contributed by atoms with Crippen LogP contribution >= 0.6 is 0 Å². The van der Waals surface area contributed by atoms with E-state index >= 15 is 0 Å². The number of anilines is 1. The number of amides is 1. The van der Waals surface area contributed by atoms with Crippen LogP contribution in [0.3, 0.4) is 0 Å². The summed E-state index contributed by atoms with van der Waals surface area (Å²) in [5.41, 5.74) is 1.67. The average molecular weight is 459 g/mol. The van der Waals surface area contributed by atoms with Crippen molar-refractivity contribution in [2.24, 2.45) is 0 Å². The number of sulfonamides is 1. The lowest BCUT2D eigenvalue weighted by Gasteiger charge is -2.35. The molecule has 2 aromatic carbocycles. The van der Waals surface area contributed by atoms with Gasteiger partial charge >= 0.3 is 0 Å². The van der Waals surface area contributed by atoms with Crippen LogP contribution in [0.15, 0.2) is 59.5 Å². The van der Waals surface area contributed by atoms with Crippen molar-refractivity contribution in [3.8, 4) is 0 Å². The molecule has 1 aliphatic rings. The van der Waals surface area contributed by atoms with E-state index in [9.17, 15) is 23.3 Å². The quantitative estimate of drug-likeness (QED) is 0.388. The van der Waals surface area contributed by atoms with Crippen LogP contribution in [0.1, 0.15) is 19.4 Å². The molecule has 170 valence electrons. The summed E-state index contributed by atoms with van der Waals surface area (Å²) in [5.74, 6) is -0.119. The zero-order valence-corrected chi connectivity index (χ0v) is 18.8. The SMILES string of the molecule is CC(C)NS(=O)(=O)c1ccc(/C=C/C(=O)N2CCN(c3ccc([N+](=O)[O-])cc3)CC2)cc1. The van der Waals surface area contributed by atoms with Crippen LogP contribution in [0.25, 0.3) is 6.08 Å². The molecule has 1 saturated heterocycles. The van der Waals surface area contributed by atoms with Gasteiger partial charge < -0.3 is 9.80 Å². The minimum Gasteiger partial charge on any atom is -0.368 e. The summed E-state index contributed by atoms with van der Waals surface area (Å²) in [7, 11) is -3.55. The van der Waals surface area contributed by atoms with Gasteiger partial charge in [0.15, 0.2) is 0 Å². The molecule has 0 bridgehead atoms. The average Bonchev–Trinajstić information content (AvgIpc) is 2.77. The predicted octanol–water partition coefficient (Wildman–Crippen LogP) is 2.64. The number of carbonyl (C=O) groups is 1. The molecule has 32 heavy (non-hydrogen) atoms. The van der Waals surface area contributed by atoms with Crippen LogP contribution in [-0.4, -0.2) is 56.4 Å². The maximum absolute atomic E-state index is 12.5. The fourth-order valence-electron chi connectivity index (χ4n) is 3.38. The Bertz CT molecular complexity index is 1090. The van der Waals surface area contributed by atoms with E-state index in [0.717, 1.165) is 11.3 Å². The third kappa shape index (κ3) is 5.92. The highest BCUT2D eigenvalue weighted by Crippen LogP contribution is 2.21. The molecule has 2 aromatic rings. The van der Waals surface area contributed by atoms with E-state index in [2.05, 4.69) is 9.62 Å². The highest BCUT2D eigenvalue weighted by atomic mass is 32.2. The lowest BCUT2D eigenvalue weighted by molar-refractivity contribution is -0.384. The monoisotopic (exact) mass is 458 g/mol. The molecule has 0 unspecified atom stereocenters. The second-order valence-corrected chi connectivity index (χ2v) is 9.48. The van der Waals surface area contributed by atoms with E-state index in [4.69, 9.17) is 0 Å².